The molecule has 0 aliphatic carbocycles. The number of alkyl halides is 2. The summed E-state index contributed by atoms with van der Waals surface area (Å²) < 4.78 is 58.4. The van der Waals surface area contributed by atoms with Crippen molar-refractivity contribution in [1.29, 1.82) is 0 Å². The molecule has 0 amide bonds. The van der Waals surface area contributed by atoms with E-state index in [1.165, 1.54) is 29.1 Å². The fourth-order valence-corrected chi connectivity index (χ4v) is 3.47. The maximum Gasteiger partial charge on any atom is 0.271 e. The van der Waals surface area contributed by atoms with E-state index < -0.39 is 28.7 Å². The summed E-state index contributed by atoms with van der Waals surface area (Å²) in [6.45, 7) is 0.647. The van der Waals surface area contributed by atoms with Crippen molar-refractivity contribution in [1.82, 2.24) is 14.8 Å². The number of aliphatic imine (C=N–C) groups is 1. The molecular weight excluding hydrogens is 384 g/mol. The number of benzene rings is 2. The Kier molecular flexibility index (Phi) is 4.03. The maximum absolute atomic E-state index is 14.4. The van der Waals surface area contributed by atoms with Gasteiger partial charge in [-0.1, -0.05) is 17.7 Å². The molecule has 1 aliphatic heterocycles. The van der Waals surface area contributed by atoms with Crippen LogP contribution in [0.15, 0.2) is 41.7 Å². The minimum Gasteiger partial charge on any atom is -0.283 e. The molecule has 138 valence electrons. The lowest BCUT2D eigenvalue weighted by Crippen LogP contribution is -2.16. The van der Waals surface area contributed by atoms with Crippen molar-refractivity contribution >= 4 is 17.3 Å². The zero-order valence-electron chi connectivity index (χ0n) is 13.8. The molecule has 0 bridgehead atoms. The average molecular weight is 395 g/mol. The molecule has 2 heterocycles. The van der Waals surface area contributed by atoms with E-state index in [1.807, 2.05) is 0 Å². The monoisotopic (exact) mass is 394 g/mol. The van der Waals surface area contributed by atoms with Gasteiger partial charge in [0.25, 0.3) is 5.92 Å². The summed E-state index contributed by atoms with van der Waals surface area (Å²) in [5.41, 5.74) is -0.743. The Hall–Kier alpha value is -2.74. The Morgan fingerprint density at radius 2 is 1.78 bits per heavy atom. The minimum absolute atomic E-state index is 0.00163. The third-order valence-corrected chi connectivity index (χ3v) is 4.68. The van der Waals surface area contributed by atoms with Crippen LogP contribution in [0.5, 0.6) is 0 Å². The van der Waals surface area contributed by atoms with Gasteiger partial charge in [-0.2, -0.15) is 0 Å². The number of hydrogen-bond donors (Lipinski definition) is 0. The van der Waals surface area contributed by atoms with Crippen LogP contribution in [0.25, 0.3) is 5.69 Å². The van der Waals surface area contributed by atoms with Crippen molar-refractivity contribution < 1.29 is 17.6 Å². The first-order valence-electron chi connectivity index (χ1n) is 7.88. The summed E-state index contributed by atoms with van der Waals surface area (Å²) in [4.78, 5) is 4.24. The molecule has 3 aromatic rings. The highest BCUT2D eigenvalue weighted by Crippen LogP contribution is 2.39. The third kappa shape index (κ3) is 2.80. The van der Waals surface area contributed by atoms with Crippen LogP contribution in [0.3, 0.4) is 0 Å². The van der Waals surface area contributed by atoms with E-state index in [4.69, 9.17) is 11.6 Å². The number of hydrogen-bond acceptors (Lipinski definition) is 3. The second-order valence-electron chi connectivity index (χ2n) is 6.09. The Bertz CT molecular complexity index is 1070. The molecule has 1 aliphatic rings. The van der Waals surface area contributed by atoms with E-state index >= 15 is 0 Å². The van der Waals surface area contributed by atoms with Gasteiger partial charge < -0.3 is 0 Å². The lowest BCUT2D eigenvalue weighted by atomic mass is 9.95. The SMILES string of the molecule is CC(F)(F)c1ccc2c(c1Cl)C(c1c(F)cccc1F)=NCc1nncn1-2. The van der Waals surface area contributed by atoms with Crippen molar-refractivity contribution in [3.8, 4) is 5.69 Å². The zero-order chi connectivity index (χ0) is 19.3. The average Bonchev–Trinajstić information content (AvgIpc) is 2.99. The molecule has 0 fully saturated rings. The van der Waals surface area contributed by atoms with Crippen LogP contribution in [-0.4, -0.2) is 20.5 Å². The second-order valence-corrected chi connectivity index (χ2v) is 6.47. The molecule has 0 radical (unpaired) electrons. The van der Waals surface area contributed by atoms with E-state index in [0.717, 1.165) is 12.1 Å². The summed E-state index contributed by atoms with van der Waals surface area (Å²) in [7, 11) is 0. The van der Waals surface area contributed by atoms with Crippen LogP contribution in [0.1, 0.15) is 29.4 Å². The predicted molar refractivity (Wildman–Crippen MR) is 91.6 cm³/mol. The van der Waals surface area contributed by atoms with E-state index in [1.54, 1.807) is 0 Å². The lowest BCUT2D eigenvalue weighted by molar-refractivity contribution is 0.0176. The summed E-state index contributed by atoms with van der Waals surface area (Å²) in [5.74, 6) is -4.62. The molecule has 2 aromatic carbocycles. The molecule has 4 rings (SSSR count). The van der Waals surface area contributed by atoms with Crippen LogP contribution in [0.4, 0.5) is 17.6 Å². The Morgan fingerprint density at radius 1 is 1.07 bits per heavy atom. The summed E-state index contributed by atoms with van der Waals surface area (Å²) >= 11 is 6.31. The van der Waals surface area contributed by atoms with Gasteiger partial charge in [0.05, 0.1) is 22.0 Å². The highest BCUT2D eigenvalue weighted by Gasteiger charge is 2.33. The Labute approximate surface area is 156 Å². The zero-order valence-corrected chi connectivity index (χ0v) is 14.6. The van der Waals surface area contributed by atoms with Crippen LogP contribution >= 0.6 is 11.6 Å². The molecule has 4 nitrogen and oxygen atoms in total. The standard InChI is InChI=1S/C18H11ClF4N4/c1-18(22,23)9-5-6-12-15(16(9)19)17(14-10(20)3-2-4-11(14)21)24-7-13-26-25-8-27(12)13/h2-6,8H,7H2,1H3. The van der Waals surface area contributed by atoms with Gasteiger partial charge in [0, 0.05) is 18.1 Å². The van der Waals surface area contributed by atoms with E-state index in [0.29, 0.717) is 18.4 Å². The van der Waals surface area contributed by atoms with E-state index in [9.17, 15) is 17.6 Å². The highest BCUT2D eigenvalue weighted by molar-refractivity contribution is 6.37. The van der Waals surface area contributed by atoms with Gasteiger partial charge in [-0.25, -0.2) is 17.6 Å². The van der Waals surface area contributed by atoms with Gasteiger partial charge in [-0.05, 0) is 24.3 Å². The smallest absolute Gasteiger partial charge is 0.271 e. The number of aromatic nitrogens is 3. The lowest BCUT2D eigenvalue weighted by Gasteiger charge is -2.19. The molecule has 0 saturated carbocycles. The summed E-state index contributed by atoms with van der Waals surface area (Å²) in [6, 6.07) is 5.90. The topological polar surface area (TPSA) is 43.1 Å². The third-order valence-electron chi connectivity index (χ3n) is 4.29. The number of halogens is 5. The normalized spacial score (nSPS) is 13.6. The van der Waals surface area contributed by atoms with Crippen LogP contribution in [-0.2, 0) is 12.5 Å². The number of nitrogens with zero attached hydrogens (tertiary/aromatic N) is 4. The van der Waals surface area contributed by atoms with Gasteiger partial charge in [0.15, 0.2) is 5.82 Å². The van der Waals surface area contributed by atoms with Crippen LogP contribution < -0.4 is 0 Å². The maximum atomic E-state index is 14.4. The fraction of sp³-hybridized carbons (Fsp3) is 0.167. The Morgan fingerprint density at radius 3 is 2.44 bits per heavy atom. The predicted octanol–water partition coefficient (Wildman–Crippen LogP) is 4.66. The fourth-order valence-electron chi connectivity index (χ4n) is 3.06. The minimum atomic E-state index is -3.26. The quantitative estimate of drug-likeness (QED) is 0.593. The van der Waals surface area contributed by atoms with Crippen LogP contribution in [0, 0.1) is 11.6 Å². The van der Waals surface area contributed by atoms with Gasteiger partial charge in [0.1, 0.15) is 24.5 Å². The molecular formula is C18H11ClF4N4. The second kappa shape index (κ2) is 6.16. The van der Waals surface area contributed by atoms with Gasteiger partial charge in [0.2, 0.25) is 0 Å². The van der Waals surface area contributed by atoms with Gasteiger partial charge >= 0.3 is 0 Å². The molecule has 0 spiro atoms. The summed E-state index contributed by atoms with van der Waals surface area (Å²) in [5, 5.41) is 7.37. The Balaban J connectivity index is 2.09. The molecule has 0 unspecified atom stereocenters. The molecule has 0 saturated heterocycles. The van der Waals surface area contributed by atoms with Gasteiger partial charge in [-0.15, -0.1) is 10.2 Å². The summed E-state index contributed by atoms with van der Waals surface area (Å²) in [6.07, 6.45) is 1.37. The molecule has 0 N–H and O–H groups in total. The number of fused-ring (bicyclic) bond motifs is 3. The van der Waals surface area contributed by atoms with Crippen molar-refractivity contribution in [3.63, 3.8) is 0 Å². The first kappa shape index (κ1) is 17.7. The highest BCUT2D eigenvalue weighted by atomic mass is 35.5. The van der Waals surface area contributed by atoms with Crippen molar-refractivity contribution in [2.45, 2.75) is 19.4 Å². The largest absolute Gasteiger partial charge is 0.283 e. The molecule has 9 heteroatoms. The first-order valence-corrected chi connectivity index (χ1v) is 8.26. The first-order chi connectivity index (χ1) is 12.8. The van der Waals surface area contributed by atoms with Crippen LogP contribution in [0.2, 0.25) is 5.02 Å². The number of rotatable bonds is 2. The molecule has 27 heavy (non-hydrogen) atoms. The molecule has 1 aromatic heterocycles. The molecule has 0 atom stereocenters. The van der Waals surface area contributed by atoms with Crippen molar-refractivity contribution in [2.75, 3.05) is 0 Å². The van der Waals surface area contributed by atoms with E-state index in [-0.39, 0.29) is 22.8 Å². The van der Waals surface area contributed by atoms with E-state index in [2.05, 4.69) is 15.2 Å². The van der Waals surface area contributed by atoms with Crippen molar-refractivity contribution in [3.05, 3.63) is 75.8 Å². The van der Waals surface area contributed by atoms with Crippen molar-refractivity contribution in [2.24, 2.45) is 4.99 Å². The van der Waals surface area contributed by atoms with Gasteiger partial charge in [-0.3, -0.25) is 9.56 Å².